The standard InChI is InChI=1S/C19H18O3S/c1-11-5-12(2)7-13(6-11)15-10-18(23)19-16(21-4)8-14(20-3)9-17(19)22-15/h5-10H,1-4H3. The lowest BCUT2D eigenvalue weighted by Gasteiger charge is -2.10. The Morgan fingerprint density at radius 1 is 0.870 bits per heavy atom. The van der Waals surface area contributed by atoms with E-state index in [0.29, 0.717) is 21.6 Å². The molecule has 0 fully saturated rings. The smallest absolute Gasteiger partial charge is 0.143 e. The van der Waals surface area contributed by atoms with Gasteiger partial charge in [0.2, 0.25) is 0 Å². The molecule has 0 spiro atoms. The first-order valence-corrected chi connectivity index (χ1v) is 7.71. The molecule has 4 heteroatoms. The molecule has 0 saturated carbocycles. The Bertz CT molecular complexity index is 921. The van der Waals surface area contributed by atoms with Crippen molar-refractivity contribution >= 4 is 23.2 Å². The quantitative estimate of drug-likeness (QED) is 0.598. The van der Waals surface area contributed by atoms with E-state index in [1.165, 1.54) is 11.1 Å². The maximum absolute atomic E-state index is 6.10. The summed E-state index contributed by atoms with van der Waals surface area (Å²) in [5.41, 5.74) is 4.04. The van der Waals surface area contributed by atoms with Gasteiger partial charge in [-0.05, 0) is 26.0 Å². The minimum absolute atomic E-state index is 0.653. The molecule has 3 aromatic rings. The van der Waals surface area contributed by atoms with Gasteiger partial charge >= 0.3 is 0 Å². The summed E-state index contributed by atoms with van der Waals surface area (Å²) in [5, 5.41) is 0.788. The molecule has 0 radical (unpaired) electrons. The zero-order chi connectivity index (χ0) is 16.6. The Hall–Kier alpha value is -2.33. The lowest BCUT2D eigenvalue weighted by atomic mass is 10.0. The molecular formula is C19H18O3S. The van der Waals surface area contributed by atoms with Gasteiger partial charge in [0.1, 0.15) is 22.8 Å². The van der Waals surface area contributed by atoms with Crippen molar-refractivity contribution in [2.45, 2.75) is 13.8 Å². The van der Waals surface area contributed by atoms with Crippen molar-refractivity contribution in [3.05, 3.63) is 52.0 Å². The van der Waals surface area contributed by atoms with Crippen LogP contribution in [0.2, 0.25) is 0 Å². The minimum Gasteiger partial charge on any atom is -0.496 e. The van der Waals surface area contributed by atoms with Crippen LogP contribution in [0.3, 0.4) is 0 Å². The average molecular weight is 326 g/mol. The highest BCUT2D eigenvalue weighted by Gasteiger charge is 2.12. The maximum Gasteiger partial charge on any atom is 0.143 e. The minimum atomic E-state index is 0.653. The maximum atomic E-state index is 6.10. The number of ether oxygens (including phenoxy) is 2. The predicted octanol–water partition coefficient (Wildman–Crippen LogP) is 5.46. The molecule has 0 unspecified atom stereocenters. The van der Waals surface area contributed by atoms with Gasteiger partial charge < -0.3 is 13.9 Å². The SMILES string of the molecule is COc1cc(OC)c2c(=S)cc(-c3cc(C)cc(C)c3)oc2c1. The van der Waals surface area contributed by atoms with Crippen LogP contribution in [0.25, 0.3) is 22.3 Å². The van der Waals surface area contributed by atoms with E-state index in [1.807, 2.05) is 18.2 Å². The van der Waals surface area contributed by atoms with Crippen LogP contribution in [-0.4, -0.2) is 14.2 Å². The van der Waals surface area contributed by atoms with Crippen LogP contribution < -0.4 is 9.47 Å². The van der Waals surface area contributed by atoms with Crippen molar-refractivity contribution in [2.24, 2.45) is 0 Å². The van der Waals surface area contributed by atoms with Gasteiger partial charge in [-0.2, -0.15) is 0 Å². The lowest BCUT2D eigenvalue weighted by molar-refractivity contribution is 0.396. The predicted molar refractivity (Wildman–Crippen MR) is 95.1 cm³/mol. The molecule has 118 valence electrons. The summed E-state index contributed by atoms with van der Waals surface area (Å²) in [7, 11) is 3.23. The van der Waals surface area contributed by atoms with E-state index in [1.54, 1.807) is 14.2 Å². The molecule has 2 aromatic carbocycles. The first-order valence-electron chi connectivity index (χ1n) is 7.30. The molecule has 0 atom stereocenters. The van der Waals surface area contributed by atoms with Gasteiger partial charge in [-0.3, -0.25) is 0 Å². The number of hydrogen-bond acceptors (Lipinski definition) is 4. The van der Waals surface area contributed by atoms with Gasteiger partial charge in [-0.1, -0.05) is 29.4 Å². The molecule has 0 aliphatic rings. The van der Waals surface area contributed by atoms with Crippen LogP contribution in [-0.2, 0) is 0 Å². The molecule has 3 nitrogen and oxygen atoms in total. The van der Waals surface area contributed by atoms with Crippen LogP contribution in [0.4, 0.5) is 0 Å². The summed E-state index contributed by atoms with van der Waals surface area (Å²) in [5.74, 6) is 2.06. The molecule has 0 amide bonds. The van der Waals surface area contributed by atoms with Crippen LogP contribution in [0.5, 0.6) is 11.5 Å². The highest BCUT2D eigenvalue weighted by molar-refractivity contribution is 7.71. The van der Waals surface area contributed by atoms with E-state index in [2.05, 4.69) is 32.0 Å². The fraction of sp³-hybridized carbons (Fsp3) is 0.211. The zero-order valence-corrected chi connectivity index (χ0v) is 14.4. The largest absolute Gasteiger partial charge is 0.496 e. The van der Waals surface area contributed by atoms with E-state index in [0.717, 1.165) is 16.7 Å². The molecule has 0 aliphatic carbocycles. The summed E-state index contributed by atoms with van der Waals surface area (Å²) in [6.45, 7) is 4.14. The van der Waals surface area contributed by atoms with Crippen molar-refractivity contribution in [1.82, 2.24) is 0 Å². The van der Waals surface area contributed by atoms with Crippen LogP contribution >= 0.6 is 12.2 Å². The highest BCUT2D eigenvalue weighted by atomic mass is 32.1. The fourth-order valence-corrected chi connectivity index (χ4v) is 3.07. The number of fused-ring (bicyclic) bond motifs is 1. The zero-order valence-electron chi connectivity index (χ0n) is 13.6. The normalized spacial score (nSPS) is 10.8. The van der Waals surface area contributed by atoms with Crippen LogP contribution in [0.15, 0.2) is 40.8 Å². The molecular weight excluding hydrogens is 308 g/mol. The second kappa shape index (κ2) is 6.05. The summed E-state index contributed by atoms with van der Waals surface area (Å²) >= 11 is 5.56. The number of benzene rings is 2. The molecule has 0 bridgehead atoms. The summed E-state index contributed by atoms with van der Waals surface area (Å²) in [4.78, 5) is 0. The number of rotatable bonds is 3. The van der Waals surface area contributed by atoms with E-state index in [9.17, 15) is 0 Å². The van der Waals surface area contributed by atoms with Crippen molar-refractivity contribution < 1.29 is 13.9 Å². The monoisotopic (exact) mass is 326 g/mol. The number of methoxy groups -OCH3 is 2. The molecule has 1 aromatic heterocycles. The Balaban J connectivity index is 2.30. The van der Waals surface area contributed by atoms with Gasteiger partial charge in [0.25, 0.3) is 0 Å². The Kier molecular flexibility index (Phi) is 4.09. The topological polar surface area (TPSA) is 31.6 Å². The summed E-state index contributed by atoms with van der Waals surface area (Å²) < 4.78 is 17.5. The first kappa shape index (κ1) is 15.6. The first-order chi connectivity index (χ1) is 11.0. The van der Waals surface area contributed by atoms with Gasteiger partial charge in [0.05, 0.1) is 24.1 Å². The number of aryl methyl sites for hydroxylation is 2. The third kappa shape index (κ3) is 2.94. The van der Waals surface area contributed by atoms with E-state index in [4.69, 9.17) is 26.1 Å². The van der Waals surface area contributed by atoms with Crippen LogP contribution in [0.1, 0.15) is 11.1 Å². The summed E-state index contributed by atoms with van der Waals surface area (Å²) in [6.07, 6.45) is 0. The van der Waals surface area contributed by atoms with Crippen molar-refractivity contribution in [3.63, 3.8) is 0 Å². The lowest BCUT2D eigenvalue weighted by Crippen LogP contribution is -1.90. The molecule has 1 heterocycles. The molecule has 3 rings (SSSR count). The Morgan fingerprint density at radius 3 is 2.17 bits per heavy atom. The molecule has 23 heavy (non-hydrogen) atoms. The van der Waals surface area contributed by atoms with Gasteiger partial charge in [-0.15, -0.1) is 0 Å². The van der Waals surface area contributed by atoms with E-state index in [-0.39, 0.29) is 0 Å². The molecule has 0 aliphatic heterocycles. The fourth-order valence-electron chi connectivity index (χ4n) is 2.77. The van der Waals surface area contributed by atoms with E-state index < -0.39 is 0 Å². The van der Waals surface area contributed by atoms with Crippen LogP contribution in [0, 0.1) is 18.4 Å². The summed E-state index contributed by atoms with van der Waals surface area (Å²) in [6, 6.07) is 11.8. The average Bonchev–Trinajstić information content (AvgIpc) is 2.52. The molecule has 0 saturated heterocycles. The Morgan fingerprint density at radius 2 is 1.57 bits per heavy atom. The second-order valence-corrected chi connectivity index (χ2v) is 5.99. The number of hydrogen-bond donors (Lipinski definition) is 0. The van der Waals surface area contributed by atoms with Gasteiger partial charge in [0, 0.05) is 23.8 Å². The van der Waals surface area contributed by atoms with Gasteiger partial charge in [-0.25, -0.2) is 0 Å². The molecule has 0 N–H and O–H groups in total. The Labute approximate surface area is 140 Å². The van der Waals surface area contributed by atoms with Crippen molar-refractivity contribution in [2.75, 3.05) is 14.2 Å². The van der Waals surface area contributed by atoms with Crippen molar-refractivity contribution in [3.8, 4) is 22.8 Å². The highest BCUT2D eigenvalue weighted by Crippen LogP contribution is 2.35. The van der Waals surface area contributed by atoms with Gasteiger partial charge in [0.15, 0.2) is 0 Å². The third-order valence-corrected chi connectivity index (χ3v) is 4.05. The second-order valence-electron chi connectivity index (χ2n) is 5.55. The van der Waals surface area contributed by atoms with E-state index >= 15 is 0 Å². The van der Waals surface area contributed by atoms with Crippen molar-refractivity contribution in [1.29, 1.82) is 0 Å². The third-order valence-electron chi connectivity index (χ3n) is 3.73.